The lowest BCUT2D eigenvalue weighted by molar-refractivity contribution is 0.101. The van der Waals surface area contributed by atoms with Crippen LogP contribution in [0.15, 0.2) is 18.2 Å². The Morgan fingerprint density at radius 1 is 1.39 bits per heavy atom. The lowest BCUT2D eigenvalue weighted by atomic mass is 9.99. The third-order valence-electron chi connectivity index (χ3n) is 2.77. The zero-order valence-electron chi connectivity index (χ0n) is 11.7. The summed E-state index contributed by atoms with van der Waals surface area (Å²) in [5.41, 5.74) is 1.90. The summed E-state index contributed by atoms with van der Waals surface area (Å²) in [6.07, 6.45) is 1.10. The molecule has 0 atom stereocenters. The molecule has 0 aliphatic heterocycles. The Hall–Kier alpha value is -0.960. The molecule has 0 bridgehead atoms. The molecule has 0 unspecified atom stereocenters. The van der Waals surface area contributed by atoms with Gasteiger partial charge in [0.15, 0.2) is 5.78 Å². The molecule has 1 aromatic rings. The minimum absolute atomic E-state index is 0.160. The third kappa shape index (κ3) is 4.05. The lowest BCUT2D eigenvalue weighted by Crippen LogP contribution is -2.06. The van der Waals surface area contributed by atoms with E-state index in [1.165, 1.54) is 5.56 Å². The number of ether oxygens (including phenoxy) is 1. The first-order chi connectivity index (χ1) is 8.60. The molecule has 0 N–H and O–H groups in total. The molecule has 18 heavy (non-hydrogen) atoms. The summed E-state index contributed by atoms with van der Waals surface area (Å²) in [5, 5.41) is 0. The summed E-state index contributed by atoms with van der Waals surface area (Å²) in [4.78, 5) is 12.2. The van der Waals surface area contributed by atoms with E-state index in [0.717, 1.165) is 12.2 Å². The van der Waals surface area contributed by atoms with Crippen molar-refractivity contribution in [2.45, 2.75) is 33.1 Å². The maximum absolute atomic E-state index is 12.2. The molecule has 0 aromatic heterocycles. The molecule has 0 amide bonds. The standard InChI is InChI=1S/C15H22O2S/c1-5-8-18-10-14(16)13-9-12(11(2)3)6-7-15(13)17-4/h6-7,9,11H,5,8,10H2,1-4H3. The Bertz CT molecular complexity index is 399. The highest BCUT2D eigenvalue weighted by Gasteiger charge is 2.14. The van der Waals surface area contributed by atoms with Crippen LogP contribution in [-0.4, -0.2) is 24.4 Å². The van der Waals surface area contributed by atoms with Crippen molar-refractivity contribution in [2.75, 3.05) is 18.6 Å². The zero-order chi connectivity index (χ0) is 13.5. The molecule has 1 aromatic carbocycles. The van der Waals surface area contributed by atoms with Crippen LogP contribution in [0.2, 0.25) is 0 Å². The number of hydrogen-bond acceptors (Lipinski definition) is 3. The van der Waals surface area contributed by atoms with Gasteiger partial charge in [0.05, 0.1) is 18.4 Å². The first-order valence-corrected chi connectivity index (χ1v) is 7.54. The molecule has 0 aliphatic carbocycles. The molecule has 0 spiro atoms. The molecule has 0 saturated carbocycles. The normalized spacial score (nSPS) is 10.7. The number of carbonyl (C=O) groups excluding carboxylic acids is 1. The summed E-state index contributed by atoms with van der Waals surface area (Å²) in [7, 11) is 1.61. The van der Waals surface area contributed by atoms with Gasteiger partial charge in [0, 0.05) is 0 Å². The van der Waals surface area contributed by atoms with Crippen LogP contribution in [0.25, 0.3) is 0 Å². The van der Waals surface area contributed by atoms with Gasteiger partial charge >= 0.3 is 0 Å². The van der Waals surface area contributed by atoms with E-state index in [1.54, 1.807) is 18.9 Å². The molecule has 0 saturated heterocycles. The maximum atomic E-state index is 12.2. The quantitative estimate of drug-likeness (QED) is 0.548. The van der Waals surface area contributed by atoms with Crippen molar-refractivity contribution in [2.24, 2.45) is 0 Å². The van der Waals surface area contributed by atoms with Crippen LogP contribution < -0.4 is 4.74 Å². The van der Waals surface area contributed by atoms with E-state index in [1.807, 2.05) is 18.2 Å². The van der Waals surface area contributed by atoms with Crippen molar-refractivity contribution in [3.63, 3.8) is 0 Å². The first kappa shape index (κ1) is 15.1. The number of carbonyl (C=O) groups is 1. The Kier molecular flexibility index (Phi) is 6.27. The summed E-state index contributed by atoms with van der Waals surface area (Å²) < 4.78 is 5.28. The van der Waals surface area contributed by atoms with Crippen LogP contribution in [0, 0.1) is 0 Å². The minimum atomic E-state index is 0.160. The van der Waals surface area contributed by atoms with Gasteiger partial charge in [-0.1, -0.05) is 26.8 Å². The molecule has 3 heteroatoms. The molecule has 0 fully saturated rings. The topological polar surface area (TPSA) is 26.3 Å². The molecular weight excluding hydrogens is 244 g/mol. The van der Waals surface area contributed by atoms with Crippen LogP contribution in [0.3, 0.4) is 0 Å². The van der Waals surface area contributed by atoms with Gasteiger partial charge in [-0.15, -0.1) is 0 Å². The SMILES string of the molecule is CCCSCC(=O)c1cc(C(C)C)ccc1OC. The summed E-state index contributed by atoms with van der Waals surface area (Å²) >= 11 is 1.68. The van der Waals surface area contributed by atoms with Crippen molar-refractivity contribution in [3.8, 4) is 5.75 Å². The van der Waals surface area contributed by atoms with Crippen molar-refractivity contribution < 1.29 is 9.53 Å². The Morgan fingerprint density at radius 2 is 2.11 bits per heavy atom. The molecule has 1 rings (SSSR count). The van der Waals surface area contributed by atoms with Crippen molar-refractivity contribution in [1.82, 2.24) is 0 Å². The van der Waals surface area contributed by atoms with Gasteiger partial charge in [0.2, 0.25) is 0 Å². The number of ketones is 1. The summed E-state index contributed by atoms with van der Waals surface area (Å²) in [6, 6.07) is 5.89. The molecule has 0 heterocycles. The van der Waals surface area contributed by atoms with Crippen LogP contribution >= 0.6 is 11.8 Å². The van der Waals surface area contributed by atoms with E-state index < -0.39 is 0 Å². The molecule has 0 aliphatic rings. The lowest BCUT2D eigenvalue weighted by Gasteiger charge is -2.12. The highest BCUT2D eigenvalue weighted by molar-refractivity contribution is 7.99. The number of methoxy groups -OCH3 is 1. The highest BCUT2D eigenvalue weighted by Crippen LogP contribution is 2.25. The van der Waals surface area contributed by atoms with E-state index in [-0.39, 0.29) is 5.78 Å². The number of rotatable bonds is 7. The number of Topliss-reactive ketones (excluding diaryl/α,β-unsaturated/α-hetero) is 1. The Labute approximate surface area is 114 Å². The largest absolute Gasteiger partial charge is 0.496 e. The van der Waals surface area contributed by atoms with Gasteiger partial charge in [0.1, 0.15) is 5.75 Å². The number of hydrogen-bond donors (Lipinski definition) is 0. The summed E-state index contributed by atoms with van der Waals surface area (Å²) in [6.45, 7) is 6.38. The first-order valence-electron chi connectivity index (χ1n) is 6.39. The van der Waals surface area contributed by atoms with E-state index >= 15 is 0 Å². The Morgan fingerprint density at radius 3 is 2.67 bits per heavy atom. The maximum Gasteiger partial charge on any atom is 0.176 e. The second-order valence-corrected chi connectivity index (χ2v) is 5.70. The van der Waals surface area contributed by atoms with Crippen LogP contribution in [-0.2, 0) is 0 Å². The minimum Gasteiger partial charge on any atom is -0.496 e. The fourth-order valence-electron chi connectivity index (χ4n) is 1.69. The van der Waals surface area contributed by atoms with Crippen molar-refractivity contribution in [3.05, 3.63) is 29.3 Å². The number of thioether (sulfide) groups is 1. The smallest absolute Gasteiger partial charge is 0.176 e. The fourth-order valence-corrected chi connectivity index (χ4v) is 2.46. The zero-order valence-corrected chi connectivity index (χ0v) is 12.5. The van der Waals surface area contributed by atoms with Gasteiger partial charge in [0.25, 0.3) is 0 Å². The van der Waals surface area contributed by atoms with Gasteiger partial charge in [-0.05, 0) is 35.8 Å². The van der Waals surface area contributed by atoms with Crippen LogP contribution in [0.4, 0.5) is 0 Å². The molecule has 2 nitrogen and oxygen atoms in total. The van der Waals surface area contributed by atoms with E-state index in [4.69, 9.17) is 4.74 Å². The third-order valence-corrected chi connectivity index (χ3v) is 3.94. The van der Waals surface area contributed by atoms with E-state index in [9.17, 15) is 4.79 Å². The number of benzene rings is 1. The van der Waals surface area contributed by atoms with Gasteiger partial charge < -0.3 is 4.74 Å². The summed E-state index contributed by atoms with van der Waals surface area (Å²) in [5.74, 6) is 2.82. The van der Waals surface area contributed by atoms with Crippen LogP contribution in [0.5, 0.6) is 5.75 Å². The molecule has 100 valence electrons. The van der Waals surface area contributed by atoms with Crippen molar-refractivity contribution >= 4 is 17.5 Å². The molecule has 0 radical (unpaired) electrons. The van der Waals surface area contributed by atoms with E-state index in [2.05, 4.69) is 20.8 Å². The van der Waals surface area contributed by atoms with Crippen LogP contribution in [0.1, 0.15) is 49.0 Å². The van der Waals surface area contributed by atoms with Gasteiger partial charge in [-0.2, -0.15) is 11.8 Å². The van der Waals surface area contributed by atoms with Gasteiger partial charge in [-0.25, -0.2) is 0 Å². The Balaban J connectivity index is 2.89. The molecular formula is C15H22O2S. The van der Waals surface area contributed by atoms with Gasteiger partial charge in [-0.3, -0.25) is 4.79 Å². The predicted molar refractivity (Wildman–Crippen MR) is 79.0 cm³/mol. The average molecular weight is 266 g/mol. The highest BCUT2D eigenvalue weighted by atomic mass is 32.2. The second-order valence-electron chi connectivity index (χ2n) is 4.59. The second kappa shape index (κ2) is 7.47. The predicted octanol–water partition coefficient (Wildman–Crippen LogP) is 4.14. The van der Waals surface area contributed by atoms with E-state index in [0.29, 0.717) is 23.0 Å². The average Bonchev–Trinajstić information content (AvgIpc) is 2.38. The fraction of sp³-hybridized carbons (Fsp3) is 0.533. The monoisotopic (exact) mass is 266 g/mol. The van der Waals surface area contributed by atoms with Crippen molar-refractivity contribution in [1.29, 1.82) is 0 Å².